The number of hydrogen-bond acceptors (Lipinski definition) is 2. The van der Waals surface area contributed by atoms with Crippen LogP contribution in [-0.4, -0.2) is 24.4 Å². The molecule has 26 heavy (non-hydrogen) atoms. The van der Waals surface area contributed by atoms with Gasteiger partial charge in [-0.15, -0.1) is 0 Å². The molecule has 1 aromatic carbocycles. The molecule has 0 radical (unpaired) electrons. The lowest BCUT2D eigenvalue weighted by atomic mass is 10.1. The summed E-state index contributed by atoms with van der Waals surface area (Å²) >= 11 is 0. The minimum absolute atomic E-state index is 0.0255. The number of nitrogens with zero attached hydrogens (tertiary/aromatic N) is 1. The first-order valence-corrected chi connectivity index (χ1v) is 9.02. The highest BCUT2D eigenvalue weighted by atomic mass is 19.4. The van der Waals surface area contributed by atoms with Crippen LogP contribution in [0.5, 0.6) is 0 Å². The van der Waals surface area contributed by atoms with Gasteiger partial charge in [-0.25, -0.2) is 0 Å². The Kier molecular flexibility index (Phi) is 7.06. The number of rotatable bonds is 5. The molecule has 0 aromatic heterocycles. The van der Waals surface area contributed by atoms with Crippen molar-refractivity contribution in [3.8, 4) is 0 Å². The van der Waals surface area contributed by atoms with E-state index < -0.39 is 17.6 Å². The molecule has 1 aliphatic carbocycles. The van der Waals surface area contributed by atoms with E-state index in [4.69, 9.17) is 0 Å². The van der Waals surface area contributed by atoms with Gasteiger partial charge < -0.3 is 10.2 Å². The Balaban J connectivity index is 2.03. The molecule has 0 unspecified atom stereocenters. The first-order valence-electron chi connectivity index (χ1n) is 9.02. The largest absolute Gasteiger partial charge is 0.418 e. The average Bonchev–Trinajstić information content (AvgIpc) is 2.83. The second-order valence-corrected chi connectivity index (χ2v) is 6.69. The number of para-hydroxylation sites is 1. The molecule has 0 saturated heterocycles. The number of carbonyl (C=O) groups is 2. The minimum atomic E-state index is -4.56. The van der Waals surface area contributed by atoms with E-state index >= 15 is 0 Å². The summed E-state index contributed by atoms with van der Waals surface area (Å²) < 4.78 is 39.6. The zero-order valence-electron chi connectivity index (χ0n) is 14.9. The van der Waals surface area contributed by atoms with Gasteiger partial charge in [-0.05, 0) is 25.0 Å². The molecule has 1 fully saturated rings. The van der Waals surface area contributed by atoms with E-state index in [2.05, 4.69) is 5.32 Å². The van der Waals surface area contributed by atoms with Gasteiger partial charge in [0.05, 0.1) is 11.3 Å². The van der Waals surface area contributed by atoms with Gasteiger partial charge >= 0.3 is 6.18 Å². The number of alkyl halides is 3. The minimum Gasteiger partial charge on any atom is -0.353 e. The van der Waals surface area contributed by atoms with Crippen molar-refractivity contribution in [2.75, 3.05) is 11.4 Å². The molecule has 144 valence electrons. The van der Waals surface area contributed by atoms with Crippen LogP contribution in [0.2, 0.25) is 0 Å². The smallest absolute Gasteiger partial charge is 0.353 e. The van der Waals surface area contributed by atoms with Gasteiger partial charge in [-0.1, -0.05) is 37.8 Å². The summed E-state index contributed by atoms with van der Waals surface area (Å²) in [6.45, 7) is 1.12. The number of carbonyl (C=O) groups excluding carboxylic acids is 2. The van der Waals surface area contributed by atoms with Crippen molar-refractivity contribution in [3.05, 3.63) is 29.8 Å². The van der Waals surface area contributed by atoms with Gasteiger partial charge in [0.25, 0.3) is 0 Å². The molecule has 0 aliphatic heterocycles. The maximum Gasteiger partial charge on any atom is 0.418 e. The van der Waals surface area contributed by atoms with Crippen LogP contribution in [0.25, 0.3) is 0 Å². The van der Waals surface area contributed by atoms with E-state index in [-0.39, 0.29) is 30.6 Å². The second-order valence-electron chi connectivity index (χ2n) is 6.69. The van der Waals surface area contributed by atoms with Crippen molar-refractivity contribution in [2.45, 2.75) is 64.1 Å². The standard InChI is InChI=1S/C19H25F3N2O2/c1-14(25)24(17-11-7-6-10-16(17)19(20,21)22)13-12-18(26)23-15-8-4-2-3-5-9-15/h6-7,10-11,15H,2-5,8-9,12-13H2,1H3,(H,23,26). The van der Waals surface area contributed by atoms with Crippen LogP contribution in [0.15, 0.2) is 24.3 Å². The van der Waals surface area contributed by atoms with Crippen LogP contribution in [0.4, 0.5) is 18.9 Å². The summed E-state index contributed by atoms with van der Waals surface area (Å²) in [6.07, 6.45) is 1.75. The highest BCUT2D eigenvalue weighted by Crippen LogP contribution is 2.36. The summed E-state index contributed by atoms with van der Waals surface area (Å²) in [4.78, 5) is 25.1. The van der Waals surface area contributed by atoms with Crippen LogP contribution in [0.1, 0.15) is 57.4 Å². The SMILES string of the molecule is CC(=O)N(CCC(=O)NC1CCCCCC1)c1ccccc1C(F)(F)F. The molecule has 0 bridgehead atoms. The van der Waals surface area contributed by atoms with Crippen molar-refractivity contribution < 1.29 is 22.8 Å². The van der Waals surface area contributed by atoms with Crippen LogP contribution in [0.3, 0.4) is 0 Å². The summed E-state index contributed by atoms with van der Waals surface area (Å²) in [5, 5.41) is 2.95. The molecule has 2 amide bonds. The van der Waals surface area contributed by atoms with E-state index in [1.54, 1.807) is 0 Å². The molecule has 0 heterocycles. The van der Waals surface area contributed by atoms with E-state index in [9.17, 15) is 22.8 Å². The first kappa shape index (κ1) is 20.3. The highest BCUT2D eigenvalue weighted by Gasteiger charge is 2.35. The number of benzene rings is 1. The van der Waals surface area contributed by atoms with Gasteiger partial charge in [0.2, 0.25) is 11.8 Å². The number of hydrogen-bond donors (Lipinski definition) is 1. The molecule has 1 aliphatic rings. The third kappa shape index (κ3) is 5.75. The van der Waals surface area contributed by atoms with E-state index in [0.29, 0.717) is 0 Å². The van der Waals surface area contributed by atoms with Crippen molar-refractivity contribution in [3.63, 3.8) is 0 Å². The molecule has 7 heteroatoms. The van der Waals surface area contributed by atoms with Gasteiger partial charge in [0.15, 0.2) is 0 Å². The number of nitrogens with one attached hydrogen (secondary N) is 1. The quantitative estimate of drug-likeness (QED) is 0.786. The third-order valence-electron chi connectivity index (χ3n) is 4.66. The van der Waals surface area contributed by atoms with Crippen LogP contribution in [-0.2, 0) is 15.8 Å². The number of anilines is 1. The van der Waals surface area contributed by atoms with Gasteiger partial charge in [0.1, 0.15) is 0 Å². The molecular weight excluding hydrogens is 345 g/mol. The fraction of sp³-hybridized carbons (Fsp3) is 0.579. The Bertz CT molecular complexity index is 623. The lowest BCUT2D eigenvalue weighted by molar-refractivity contribution is -0.137. The summed E-state index contributed by atoms with van der Waals surface area (Å²) in [6, 6.07) is 5.05. The second kappa shape index (κ2) is 9.05. The van der Waals surface area contributed by atoms with Crippen molar-refractivity contribution in [1.82, 2.24) is 5.32 Å². The average molecular weight is 370 g/mol. The third-order valence-corrected chi connectivity index (χ3v) is 4.66. The first-order chi connectivity index (χ1) is 12.3. The van der Waals surface area contributed by atoms with E-state index in [1.807, 2.05) is 0 Å². The Morgan fingerprint density at radius 1 is 1.12 bits per heavy atom. The molecule has 0 atom stereocenters. The number of amides is 2. The predicted molar refractivity (Wildman–Crippen MR) is 93.7 cm³/mol. The fourth-order valence-electron chi connectivity index (χ4n) is 3.33. The molecule has 1 N–H and O–H groups in total. The number of halogens is 3. The summed E-state index contributed by atoms with van der Waals surface area (Å²) in [7, 11) is 0. The molecule has 4 nitrogen and oxygen atoms in total. The normalized spacial score (nSPS) is 16.0. The van der Waals surface area contributed by atoms with Gasteiger partial charge in [-0.2, -0.15) is 13.2 Å². The van der Waals surface area contributed by atoms with Crippen LogP contribution < -0.4 is 10.2 Å². The highest BCUT2D eigenvalue weighted by molar-refractivity contribution is 5.93. The lowest BCUT2D eigenvalue weighted by Crippen LogP contribution is -2.38. The Hall–Kier alpha value is -2.05. The molecular formula is C19H25F3N2O2. The van der Waals surface area contributed by atoms with Crippen LogP contribution in [0, 0.1) is 0 Å². The zero-order valence-corrected chi connectivity index (χ0v) is 14.9. The predicted octanol–water partition coefficient (Wildman–Crippen LogP) is 4.29. The molecule has 1 aromatic rings. The zero-order chi connectivity index (χ0) is 19.2. The molecule has 1 saturated carbocycles. The van der Waals surface area contributed by atoms with Gasteiger partial charge in [-0.3, -0.25) is 9.59 Å². The van der Waals surface area contributed by atoms with Gasteiger partial charge in [0, 0.05) is 25.9 Å². The van der Waals surface area contributed by atoms with E-state index in [1.165, 1.54) is 38.0 Å². The topological polar surface area (TPSA) is 49.4 Å². The molecule has 2 rings (SSSR count). The Morgan fingerprint density at radius 3 is 2.31 bits per heavy atom. The summed E-state index contributed by atoms with van der Waals surface area (Å²) in [5.41, 5.74) is -1.09. The van der Waals surface area contributed by atoms with Crippen molar-refractivity contribution in [2.24, 2.45) is 0 Å². The Morgan fingerprint density at radius 2 is 1.73 bits per heavy atom. The summed E-state index contributed by atoms with van der Waals surface area (Å²) in [5.74, 6) is -0.753. The molecule has 0 spiro atoms. The van der Waals surface area contributed by atoms with Crippen LogP contribution >= 0.6 is 0 Å². The lowest BCUT2D eigenvalue weighted by Gasteiger charge is -2.25. The van der Waals surface area contributed by atoms with E-state index in [0.717, 1.165) is 36.6 Å². The maximum atomic E-state index is 13.2. The maximum absolute atomic E-state index is 13.2. The monoisotopic (exact) mass is 370 g/mol. The fourth-order valence-corrected chi connectivity index (χ4v) is 3.33. The Labute approximate surface area is 151 Å². The van der Waals surface area contributed by atoms with Crippen molar-refractivity contribution >= 4 is 17.5 Å². The van der Waals surface area contributed by atoms with Crippen molar-refractivity contribution in [1.29, 1.82) is 0 Å².